The van der Waals surface area contributed by atoms with Crippen LogP contribution < -0.4 is 0 Å². The SMILES string of the molecule is COC(=O)C(C)CS(=O)C1CCOC2(CCSCC2)C1. The van der Waals surface area contributed by atoms with Gasteiger partial charge in [-0.1, -0.05) is 6.92 Å². The number of carbonyl (C=O) groups is 1. The summed E-state index contributed by atoms with van der Waals surface area (Å²) < 4.78 is 23.2. The van der Waals surface area contributed by atoms with E-state index in [1.54, 1.807) is 6.92 Å². The minimum absolute atomic E-state index is 0.0433. The highest BCUT2D eigenvalue weighted by molar-refractivity contribution is 7.99. The minimum atomic E-state index is -0.974. The van der Waals surface area contributed by atoms with E-state index in [9.17, 15) is 9.00 Å². The lowest BCUT2D eigenvalue weighted by Gasteiger charge is -2.43. The molecule has 4 nitrogen and oxygen atoms in total. The van der Waals surface area contributed by atoms with Gasteiger partial charge in [-0.2, -0.15) is 11.8 Å². The number of thioether (sulfide) groups is 1. The Balaban J connectivity index is 1.91. The molecule has 3 atom stereocenters. The van der Waals surface area contributed by atoms with E-state index >= 15 is 0 Å². The maximum atomic E-state index is 12.5. The number of esters is 1. The Labute approximate surface area is 127 Å². The second-order valence-electron chi connectivity index (χ2n) is 5.73. The van der Waals surface area contributed by atoms with E-state index in [1.165, 1.54) is 7.11 Å². The molecule has 6 heteroatoms. The van der Waals surface area contributed by atoms with E-state index in [-0.39, 0.29) is 22.7 Å². The molecule has 0 bridgehead atoms. The average Bonchev–Trinajstić information content (AvgIpc) is 2.47. The van der Waals surface area contributed by atoms with E-state index in [0.717, 1.165) is 37.2 Å². The first-order valence-electron chi connectivity index (χ1n) is 7.23. The smallest absolute Gasteiger partial charge is 0.309 e. The molecule has 0 aliphatic carbocycles. The number of ether oxygens (including phenoxy) is 2. The quantitative estimate of drug-likeness (QED) is 0.742. The van der Waals surface area contributed by atoms with Crippen LogP contribution in [-0.2, 0) is 25.1 Å². The van der Waals surface area contributed by atoms with Gasteiger partial charge >= 0.3 is 5.97 Å². The molecule has 2 aliphatic heterocycles. The number of carbonyl (C=O) groups excluding carboxylic acids is 1. The van der Waals surface area contributed by atoms with Gasteiger partial charge in [0.15, 0.2) is 0 Å². The van der Waals surface area contributed by atoms with Crippen molar-refractivity contribution in [3.8, 4) is 0 Å². The molecule has 0 aromatic heterocycles. The standard InChI is InChI=1S/C14H24O4S2/c1-11(13(15)17-2)10-20(16)12-3-6-18-14(9-12)4-7-19-8-5-14/h11-12H,3-10H2,1-2H3. The fourth-order valence-electron chi connectivity index (χ4n) is 2.95. The van der Waals surface area contributed by atoms with Crippen molar-refractivity contribution >= 4 is 28.5 Å². The summed E-state index contributed by atoms with van der Waals surface area (Å²) in [4.78, 5) is 11.4. The largest absolute Gasteiger partial charge is 0.469 e. The van der Waals surface area contributed by atoms with E-state index < -0.39 is 10.8 Å². The molecule has 2 heterocycles. The predicted octanol–water partition coefficient (Wildman–Crippen LogP) is 1.99. The van der Waals surface area contributed by atoms with Gasteiger partial charge in [0.2, 0.25) is 0 Å². The Kier molecular flexibility index (Phi) is 5.93. The van der Waals surface area contributed by atoms with Crippen LogP contribution in [0.25, 0.3) is 0 Å². The Morgan fingerprint density at radius 2 is 2.20 bits per heavy atom. The zero-order chi connectivity index (χ0) is 14.6. The highest BCUT2D eigenvalue weighted by Crippen LogP contribution is 2.39. The lowest BCUT2D eigenvalue weighted by Crippen LogP contribution is -2.46. The van der Waals surface area contributed by atoms with Gasteiger partial charge in [-0.15, -0.1) is 0 Å². The maximum Gasteiger partial charge on any atom is 0.309 e. The van der Waals surface area contributed by atoms with Gasteiger partial charge in [-0.05, 0) is 37.2 Å². The molecule has 0 N–H and O–H groups in total. The third-order valence-electron chi connectivity index (χ3n) is 4.24. The Morgan fingerprint density at radius 1 is 1.50 bits per heavy atom. The van der Waals surface area contributed by atoms with Crippen molar-refractivity contribution in [2.45, 2.75) is 43.5 Å². The summed E-state index contributed by atoms with van der Waals surface area (Å²) >= 11 is 1.97. The molecule has 0 aromatic rings. The summed E-state index contributed by atoms with van der Waals surface area (Å²) in [6.45, 7) is 2.49. The first-order chi connectivity index (χ1) is 9.56. The topological polar surface area (TPSA) is 52.6 Å². The third-order valence-corrected chi connectivity index (χ3v) is 7.20. The number of methoxy groups -OCH3 is 1. The molecule has 1 spiro atoms. The molecule has 20 heavy (non-hydrogen) atoms. The van der Waals surface area contributed by atoms with Gasteiger partial charge in [0.1, 0.15) is 0 Å². The summed E-state index contributed by atoms with van der Waals surface area (Å²) in [5, 5.41) is 0.166. The van der Waals surface area contributed by atoms with Gasteiger partial charge in [0, 0.05) is 28.4 Å². The van der Waals surface area contributed by atoms with Gasteiger partial charge in [-0.3, -0.25) is 9.00 Å². The molecule has 0 radical (unpaired) electrons. The van der Waals surface area contributed by atoms with Crippen molar-refractivity contribution in [2.75, 3.05) is 31.0 Å². The lowest BCUT2D eigenvalue weighted by atomic mass is 9.88. The van der Waals surface area contributed by atoms with Gasteiger partial charge in [-0.25, -0.2) is 0 Å². The van der Waals surface area contributed by atoms with Crippen molar-refractivity contribution in [1.82, 2.24) is 0 Å². The molecule has 0 amide bonds. The number of hydrogen-bond acceptors (Lipinski definition) is 5. The molecule has 2 saturated heterocycles. The van der Waals surface area contributed by atoms with Crippen LogP contribution in [-0.4, -0.2) is 52.0 Å². The molecular formula is C14H24O4S2. The predicted molar refractivity (Wildman–Crippen MR) is 82.5 cm³/mol. The van der Waals surface area contributed by atoms with Crippen molar-refractivity contribution in [1.29, 1.82) is 0 Å². The zero-order valence-electron chi connectivity index (χ0n) is 12.3. The Hall–Kier alpha value is -0.0700. The monoisotopic (exact) mass is 320 g/mol. The molecule has 3 unspecified atom stereocenters. The van der Waals surface area contributed by atoms with Crippen LogP contribution in [0.1, 0.15) is 32.6 Å². The van der Waals surface area contributed by atoms with Crippen molar-refractivity contribution in [2.24, 2.45) is 5.92 Å². The summed E-state index contributed by atoms with van der Waals surface area (Å²) in [6, 6.07) is 0. The lowest BCUT2D eigenvalue weighted by molar-refractivity contribution is -0.144. The zero-order valence-corrected chi connectivity index (χ0v) is 13.9. The molecule has 0 aromatic carbocycles. The summed E-state index contributed by atoms with van der Waals surface area (Å²) in [5.74, 6) is 2.12. The van der Waals surface area contributed by atoms with Gasteiger partial charge in [0.25, 0.3) is 0 Å². The molecule has 2 fully saturated rings. The molecule has 0 saturated carbocycles. The number of rotatable bonds is 4. The second kappa shape index (κ2) is 7.27. The van der Waals surface area contributed by atoms with E-state index in [1.807, 2.05) is 11.8 Å². The van der Waals surface area contributed by atoms with E-state index in [2.05, 4.69) is 0 Å². The highest BCUT2D eigenvalue weighted by Gasteiger charge is 2.40. The molecule has 2 aliphatic rings. The van der Waals surface area contributed by atoms with Crippen LogP contribution in [0.3, 0.4) is 0 Å². The second-order valence-corrected chi connectivity index (χ2v) is 8.72. The van der Waals surface area contributed by atoms with Crippen molar-refractivity contribution in [3.63, 3.8) is 0 Å². The van der Waals surface area contributed by atoms with Crippen LogP contribution in [0, 0.1) is 5.92 Å². The summed E-state index contributed by atoms with van der Waals surface area (Å²) in [5.41, 5.74) is -0.0433. The minimum Gasteiger partial charge on any atom is -0.469 e. The fraction of sp³-hybridized carbons (Fsp3) is 0.929. The summed E-state index contributed by atoms with van der Waals surface area (Å²) in [7, 11) is 0.406. The van der Waals surface area contributed by atoms with E-state index in [4.69, 9.17) is 9.47 Å². The fourth-order valence-corrected chi connectivity index (χ4v) is 5.94. The number of hydrogen-bond donors (Lipinski definition) is 0. The van der Waals surface area contributed by atoms with Crippen LogP contribution in [0.15, 0.2) is 0 Å². The van der Waals surface area contributed by atoms with Crippen LogP contribution >= 0.6 is 11.8 Å². The van der Waals surface area contributed by atoms with Gasteiger partial charge in [0.05, 0.1) is 18.6 Å². The third kappa shape index (κ3) is 3.98. The van der Waals surface area contributed by atoms with E-state index in [0.29, 0.717) is 12.4 Å². The van der Waals surface area contributed by atoms with Crippen LogP contribution in [0.4, 0.5) is 0 Å². The van der Waals surface area contributed by atoms with Crippen LogP contribution in [0.5, 0.6) is 0 Å². The first-order valence-corrected chi connectivity index (χ1v) is 9.77. The Morgan fingerprint density at radius 3 is 2.85 bits per heavy atom. The molecular weight excluding hydrogens is 296 g/mol. The van der Waals surface area contributed by atoms with Crippen molar-refractivity contribution < 1.29 is 18.5 Å². The molecule has 2 rings (SSSR count). The summed E-state index contributed by atoms with van der Waals surface area (Å²) in [6.07, 6.45) is 3.86. The highest BCUT2D eigenvalue weighted by atomic mass is 32.2. The van der Waals surface area contributed by atoms with Gasteiger partial charge < -0.3 is 9.47 Å². The maximum absolute atomic E-state index is 12.5. The average molecular weight is 320 g/mol. The van der Waals surface area contributed by atoms with Crippen molar-refractivity contribution in [3.05, 3.63) is 0 Å². The van der Waals surface area contributed by atoms with Crippen LogP contribution in [0.2, 0.25) is 0 Å². The first kappa shape index (κ1) is 16.3. The normalized spacial score (nSPS) is 28.8. The Bertz CT molecular complexity index is 361. The molecule has 116 valence electrons.